The minimum atomic E-state index is -0.411. The zero-order chi connectivity index (χ0) is 32.7. The second-order valence-electron chi connectivity index (χ2n) is 12.1. The summed E-state index contributed by atoms with van der Waals surface area (Å²) in [5, 5.41) is 3.07. The van der Waals surface area contributed by atoms with E-state index in [2.05, 4.69) is 26.2 Å². The fourth-order valence-corrected chi connectivity index (χ4v) is 6.31. The molecule has 2 amide bonds. The minimum absolute atomic E-state index is 0.105. The third kappa shape index (κ3) is 6.13. The maximum atomic E-state index is 14.2. The molecule has 238 valence electrons. The van der Waals surface area contributed by atoms with Crippen molar-refractivity contribution in [3.8, 4) is 22.7 Å². The Morgan fingerprint density at radius 3 is 2.49 bits per heavy atom. The van der Waals surface area contributed by atoms with E-state index in [0.717, 1.165) is 45.4 Å². The number of carbonyl (C=O) groups is 2. The summed E-state index contributed by atoms with van der Waals surface area (Å²) in [5.41, 5.74) is 5.02. The molecule has 2 aliphatic rings. The molecule has 1 aliphatic carbocycles. The van der Waals surface area contributed by atoms with Gasteiger partial charge in [-0.15, -0.1) is 0 Å². The number of amides is 2. The maximum Gasteiger partial charge on any atom is 0.333 e. The van der Waals surface area contributed by atoms with Crippen molar-refractivity contribution in [3.05, 3.63) is 134 Å². The van der Waals surface area contributed by atoms with Crippen LogP contribution in [0.15, 0.2) is 100 Å². The first-order chi connectivity index (χ1) is 22.8. The third-order valence-electron chi connectivity index (χ3n) is 8.74. The molecule has 0 bridgehead atoms. The van der Waals surface area contributed by atoms with Crippen molar-refractivity contribution >= 4 is 27.7 Å². The molecule has 1 aliphatic heterocycles. The largest absolute Gasteiger partial charge is 0.490 e. The number of imidazole rings is 1. The van der Waals surface area contributed by atoms with Gasteiger partial charge in [0.1, 0.15) is 11.4 Å². The van der Waals surface area contributed by atoms with Crippen LogP contribution in [0.5, 0.6) is 5.75 Å². The van der Waals surface area contributed by atoms with Crippen LogP contribution in [-0.2, 0) is 19.6 Å². The minimum Gasteiger partial charge on any atom is -0.490 e. The predicted octanol–water partition coefficient (Wildman–Crippen LogP) is 6.29. The van der Waals surface area contributed by atoms with Crippen LogP contribution in [0.2, 0.25) is 0 Å². The van der Waals surface area contributed by atoms with E-state index in [1.807, 2.05) is 80.6 Å². The van der Waals surface area contributed by atoms with Gasteiger partial charge in [-0.2, -0.15) is 0 Å². The Labute approximate surface area is 281 Å². The van der Waals surface area contributed by atoms with Crippen molar-refractivity contribution in [2.24, 2.45) is 0 Å². The molecule has 5 aromatic rings. The van der Waals surface area contributed by atoms with Crippen molar-refractivity contribution in [2.75, 3.05) is 0 Å². The number of aromatic nitrogens is 3. The third-order valence-corrected chi connectivity index (χ3v) is 9.63. The van der Waals surface area contributed by atoms with Crippen LogP contribution in [0.3, 0.4) is 0 Å². The number of pyridine rings is 1. The van der Waals surface area contributed by atoms with Crippen molar-refractivity contribution in [3.63, 3.8) is 0 Å². The summed E-state index contributed by atoms with van der Waals surface area (Å²) in [6.07, 6.45) is 4.05. The molecule has 0 spiro atoms. The monoisotopic (exact) mass is 691 g/mol. The molecule has 1 fully saturated rings. The Bertz CT molecular complexity index is 2030. The average molecular weight is 693 g/mol. The molecule has 10 heteroatoms. The predicted molar refractivity (Wildman–Crippen MR) is 183 cm³/mol. The maximum absolute atomic E-state index is 14.2. The lowest BCUT2D eigenvalue weighted by Crippen LogP contribution is -2.47. The molecule has 47 heavy (non-hydrogen) atoms. The highest BCUT2D eigenvalue weighted by molar-refractivity contribution is 9.10. The summed E-state index contributed by atoms with van der Waals surface area (Å²) >= 11 is 3.51. The van der Waals surface area contributed by atoms with E-state index in [4.69, 9.17) is 4.74 Å². The molecule has 1 atom stereocenters. The SMILES string of the molecule is Cc1cc(C(=O)N2Cc3c(C(=O)NCc4ccccc4-c4ccccn4)n(-c4ccc(OC5CC5)cc4)c(=O)n3CC2C)ccc1Br. The molecule has 7 rings (SSSR count). The molecule has 9 nitrogen and oxygen atoms in total. The fraction of sp³-hybridized carbons (Fsp3) is 0.243. The van der Waals surface area contributed by atoms with Crippen molar-refractivity contribution in [2.45, 2.75) is 58.5 Å². The Morgan fingerprint density at radius 2 is 1.77 bits per heavy atom. The molecule has 0 radical (unpaired) electrons. The summed E-state index contributed by atoms with van der Waals surface area (Å²) in [5.74, 6) is 0.156. The van der Waals surface area contributed by atoms with Gasteiger partial charge in [0.15, 0.2) is 0 Å². The van der Waals surface area contributed by atoms with Gasteiger partial charge in [-0.1, -0.05) is 46.3 Å². The summed E-state index contributed by atoms with van der Waals surface area (Å²) < 4.78 is 9.94. The van der Waals surface area contributed by atoms with Crippen LogP contribution in [0, 0.1) is 6.92 Å². The van der Waals surface area contributed by atoms with E-state index >= 15 is 0 Å². The highest BCUT2D eigenvalue weighted by Crippen LogP contribution is 2.29. The summed E-state index contributed by atoms with van der Waals surface area (Å²) in [4.78, 5) is 48.4. The van der Waals surface area contributed by atoms with Gasteiger partial charge in [-0.3, -0.25) is 23.7 Å². The van der Waals surface area contributed by atoms with Gasteiger partial charge >= 0.3 is 5.69 Å². The van der Waals surface area contributed by atoms with Crippen molar-refractivity contribution in [1.82, 2.24) is 24.3 Å². The lowest BCUT2D eigenvalue weighted by molar-refractivity contribution is 0.0610. The molecular weight excluding hydrogens is 658 g/mol. The number of nitrogens with zero attached hydrogens (tertiary/aromatic N) is 4. The molecule has 1 saturated carbocycles. The number of halogens is 1. The number of hydrogen-bond acceptors (Lipinski definition) is 5. The number of nitrogens with one attached hydrogen (secondary N) is 1. The summed E-state index contributed by atoms with van der Waals surface area (Å²) in [6, 6.07) is 26.0. The first-order valence-corrected chi connectivity index (χ1v) is 16.5. The van der Waals surface area contributed by atoms with Crippen LogP contribution < -0.4 is 15.7 Å². The van der Waals surface area contributed by atoms with E-state index in [-0.39, 0.29) is 49.1 Å². The van der Waals surface area contributed by atoms with Crippen molar-refractivity contribution in [1.29, 1.82) is 0 Å². The van der Waals surface area contributed by atoms with E-state index in [0.29, 0.717) is 16.9 Å². The zero-order valence-electron chi connectivity index (χ0n) is 26.2. The number of fused-ring (bicyclic) bond motifs is 1. The Balaban J connectivity index is 1.26. The van der Waals surface area contributed by atoms with Crippen LogP contribution >= 0.6 is 15.9 Å². The first-order valence-electron chi connectivity index (χ1n) is 15.7. The lowest BCUT2D eigenvalue weighted by atomic mass is 10.0. The zero-order valence-corrected chi connectivity index (χ0v) is 27.7. The van der Waals surface area contributed by atoms with Gasteiger partial charge in [0.05, 0.1) is 29.7 Å². The first kappa shape index (κ1) is 30.7. The Hall–Kier alpha value is -4.96. The van der Waals surface area contributed by atoms with Gasteiger partial charge < -0.3 is 15.0 Å². The Morgan fingerprint density at radius 1 is 1.00 bits per heavy atom. The second kappa shape index (κ2) is 12.7. The number of carbonyl (C=O) groups excluding carboxylic acids is 2. The quantitative estimate of drug-likeness (QED) is 0.206. The van der Waals surface area contributed by atoms with Crippen LogP contribution in [-0.4, -0.2) is 43.0 Å². The summed E-state index contributed by atoms with van der Waals surface area (Å²) in [7, 11) is 0. The molecule has 1 N–H and O–H groups in total. The average Bonchev–Trinajstić information content (AvgIpc) is 3.87. The van der Waals surface area contributed by atoms with Crippen LogP contribution in [0.25, 0.3) is 16.9 Å². The van der Waals surface area contributed by atoms with E-state index in [1.54, 1.807) is 33.9 Å². The summed E-state index contributed by atoms with van der Waals surface area (Å²) in [6.45, 7) is 4.44. The molecule has 2 aromatic heterocycles. The van der Waals surface area contributed by atoms with Crippen LogP contribution in [0.1, 0.15) is 57.4 Å². The van der Waals surface area contributed by atoms with Gasteiger partial charge in [0, 0.05) is 40.9 Å². The second-order valence-corrected chi connectivity index (χ2v) is 13.0. The van der Waals surface area contributed by atoms with Gasteiger partial charge in [-0.25, -0.2) is 4.79 Å². The smallest absolute Gasteiger partial charge is 0.333 e. The highest BCUT2D eigenvalue weighted by atomic mass is 79.9. The number of aryl methyl sites for hydroxylation is 1. The molecular formula is C37H34BrN5O4. The van der Waals surface area contributed by atoms with Gasteiger partial charge in [-0.05, 0) is 92.4 Å². The number of hydrogen-bond donors (Lipinski definition) is 1. The van der Waals surface area contributed by atoms with Crippen LogP contribution in [0.4, 0.5) is 0 Å². The molecule has 1 unspecified atom stereocenters. The van der Waals surface area contributed by atoms with E-state index < -0.39 is 5.91 Å². The Kier molecular flexibility index (Phi) is 8.28. The van der Waals surface area contributed by atoms with Gasteiger partial charge in [0.25, 0.3) is 11.8 Å². The molecule has 0 saturated heterocycles. The standard InChI is InChI=1S/C37H34BrN5O4/c1-23-19-25(10-17-31(23)38)36(45)41-22-33-34(35(44)40-20-26-7-3-4-8-30(26)32-9-5-6-18-39-32)43(37(46)42(33)21-24(41)2)27-11-13-28(14-12-27)47-29-15-16-29/h3-14,17-19,24,29H,15-16,20-22H2,1-2H3,(H,40,44). The highest BCUT2D eigenvalue weighted by Gasteiger charge is 2.35. The topological polar surface area (TPSA) is 98.5 Å². The lowest BCUT2D eigenvalue weighted by Gasteiger charge is -2.34. The molecule has 3 heterocycles. The number of ether oxygens (including phenoxy) is 1. The van der Waals surface area contributed by atoms with Gasteiger partial charge in [0.2, 0.25) is 0 Å². The number of benzene rings is 3. The van der Waals surface area contributed by atoms with E-state index in [1.165, 1.54) is 4.57 Å². The normalized spacial score (nSPS) is 15.6. The van der Waals surface area contributed by atoms with E-state index in [9.17, 15) is 14.4 Å². The fourth-order valence-electron chi connectivity index (χ4n) is 6.06. The molecule has 3 aromatic carbocycles. The number of rotatable bonds is 8. The van der Waals surface area contributed by atoms with Crippen molar-refractivity contribution < 1.29 is 14.3 Å².